The number of carbonyl (C=O) groups is 1. The van der Waals surface area contributed by atoms with Crippen molar-refractivity contribution < 1.29 is 4.79 Å². The summed E-state index contributed by atoms with van der Waals surface area (Å²) in [5, 5.41) is 10.6. The second kappa shape index (κ2) is 5.77. The quantitative estimate of drug-likeness (QED) is 0.908. The highest BCUT2D eigenvalue weighted by Gasteiger charge is 2.17. The minimum absolute atomic E-state index is 0.125. The van der Waals surface area contributed by atoms with Crippen LogP contribution in [0.25, 0.3) is 0 Å². The molecule has 3 rings (SSSR count). The van der Waals surface area contributed by atoms with Crippen molar-refractivity contribution in [3.63, 3.8) is 0 Å². The fourth-order valence-corrected chi connectivity index (χ4v) is 3.43. The standard InChI is InChI=1S/C16H18N2OS/c1-17-16(13-7-8-20-10-13)12-5-6-14-11(9-12)3-2-4-15(19)18-14/h5-10,16-17H,2-4H2,1H3,(H,18,19). The van der Waals surface area contributed by atoms with Gasteiger partial charge in [0, 0.05) is 12.1 Å². The maximum absolute atomic E-state index is 11.6. The predicted molar refractivity (Wildman–Crippen MR) is 83.2 cm³/mol. The lowest BCUT2D eigenvalue weighted by molar-refractivity contribution is -0.116. The number of fused-ring (bicyclic) bond motifs is 1. The summed E-state index contributed by atoms with van der Waals surface area (Å²) in [5.41, 5.74) is 4.75. The van der Waals surface area contributed by atoms with E-state index in [0.29, 0.717) is 6.42 Å². The molecule has 1 aromatic carbocycles. The Labute approximate surface area is 123 Å². The van der Waals surface area contributed by atoms with E-state index in [0.717, 1.165) is 18.5 Å². The van der Waals surface area contributed by atoms with Gasteiger partial charge in [-0.1, -0.05) is 12.1 Å². The Kier molecular flexibility index (Phi) is 3.85. The Morgan fingerprint density at radius 1 is 1.25 bits per heavy atom. The Hall–Kier alpha value is -1.65. The molecule has 2 N–H and O–H groups in total. The number of hydrogen-bond donors (Lipinski definition) is 2. The van der Waals surface area contributed by atoms with Gasteiger partial charge >= 0.3 is 0 Å². The van der Waals surface area contributed by atoms with Crippen LogP contribution in [0.15, 0.2) is 35.0 Å². The van der Waals surface area contributed by atoms with Crippen LogP contribution in [-0.4, -0.2) is 13.0 Å². The van der Waals surface area contributed by atoms with E-state index >= 15 is 0 Å². The normalized spacial score (nSPS) is 16.1. The van der Waals surface area contributed by atoms with Crippen molar-refractivity contribution in [2.45, 2.75) is 25.3 Å². The third-order valence-electron chi connectivity index (χ3n) is 3.75. The van der Waals surface area contributed by atoms with Crippen LogP contribution >= 0.6 is 11.3 Å². The maximum Gasteiger partial charge on any atom is 0.224 e. The van der Waals surface area contributed by atoms with Gasteiger partial charge < -0.3 is 10.6 Å². The van der Waals surface area contributed by atoms with Gasteiger partial charge in [-0.15, -0.1) is 0 Å². The summed E-state index contributed by atoms with van der Waals surface area (Å²) in [6.07, 6.45) is 2.50. The van der Waals surface area contributed by atoms with Crippen LogP contribution in [0.1, 0.15) is 35.6 Å². The van der Waals surface area contributed by atoms with Crippen molar-refractivity contribution in [3.8, 4) is 0 Å². The first-order valence-corrected chi connectivity index (χ1v) is 7.84. The van der Waals surface area contributed by atoms with Crippen LogP contribution in [-0.2, 0) is 11.2 Å². The predicted octanol–water partition coefficient (Wildman–Crippen LogP) is 3.33. The highest BCUT2D eigenvalue weighted by molar-refractivity contribution is 7.08. The Balaban J connectivity index is 1.95. The lowest BCUT2D eigenvalue weighted by Crippen LogP contribution is -2.17. The van der Waals surface area contributed by atoms with Crippen molar-refractivity contribution in [1.82, 2.24) is 5.32 Å². The molecule has 3 nitrogen and oxygen atoms in total. The van der Waals surface area contributed by atoms with Gasteiger partial charge in [-0.2, -0.15) is 11.3 Å². The van der Waals surface area contributed by atoms with Gasteiger partial charge in [0.25, 0.3) is 0 Å². The van der Waals surface area contributed by atoms with Gasteiger partial charge in [-0.05, 0) is 59.5 Å². The zero-order valence-electron chi connectivity index (χ0n) is 11.5. The molecule has 1 amide bonds. The van der Waals surface area contributed by atoms with Gasteiger partial charge in [0.05, 0.1) is 6.04 Å². The molecule has 4 heteroatoms. The number of nitrogens with one attached hydrogen (secondary N) is 2. The number of thiophene rings is 1. The van der Waals surface area contributed by atoms with E-state index in [2.05, 4.69) is 39.6 Å². The SMILES string of the molecule is CNC(c1ccsc1)c1ccc2c(c1)CCCC(=O)N2. The molecule has 1 aliphatic heterocycles. The summed E-state index contributed by atoms with van der Waals surface area (Å²) >= 11 is 1.71. The summed E-state index contributed by atoms with van der Waals surface area (Å²) in [4.78, 5) is 11.6. The highest BCUT2D eigenvalue weighted by atomic mass is 32.1. The molecule has 104 valence electrons. The first-order chi connectivity index (χ1) is 9.78. The van der Waals surface area contributed by atoms with Gasteiger partial charge in [0.2, 0.25) is 5.91 Å². The molecular formula is C16H18N2OS. The molecule has 0 aliphatic carbocycles. The first kappa shape index (κ1) is 13.3. The van der Waals surface area contributed by atoms with E-state index in [1.807, 2.05) is 13.1 Å². The van der Waals surface area contributed by atoms with Crippen molar-refractivity contribution >= 4 is 22.9 Å². The van der Waals surface area contributed by atoms with Gasteiger partial charge in [0.1, 0.15) is 0 Å². The second-order valence-electron chi connectivity index (χ2n) is 5.10. The maximum atomic E-state index is 11.6. The first-order valence-electron chi connectivity index (χ1n) is 6.90. The largest absolute Gasteiger partial charge is 0.326 e. The lowest BCUT2D eigenvalue weighted by atomic mass is 9.97. The summed E-state index contributed by atoms with van der Waals surface area (Å²) in [5.74, 6) is 0.125. The van der Waals surface area contributed by atoms with Gasteiger partial charge in [-0.25, -0.2) is 0 Å². The summed E-state index contributed by atoms with van der Waals surface area (Å²) < 4.78 is 0. The number of carbonyl (C=O) groups excluding carboxylic acids is 1. The fraction of sp³-hybridized carbons (Fsp3) is 0.312. The zero-order chi connectivity index (χ0) is 13.9. The number of hydrogen-bond acceptors (Lipinski definition) is 3. The molecule has 1 aliphatic rings. The highest BCUT2D eigenvalue weighted by Crippen LogP contribution is 2.29. The number of amides is 1. The molecule has 0 saturated heterocycles. The van der Waals surface area contributed by atoms with Crippen molar-refractivity contribution in [2.24, 2.45) is 0 Å². The second-order valence-corrected chi connectivity index (χ2v) is 5.88. The van der Waals surface area contributed by atoms with Gasteiger partial charge in [-0.3, -0.25) is 4.79 Å². The molecule has 20 heavy (non-hydrogen) atoms. The summed E-state index contributed by atoms with van der Waals surface area (Å²) in [6.45, 7) is 0. The minimum atomic E-state index is 0.125. The Morgan fingerprint density at radius 2 is 2.15 bits per heavy atom. The summed E-state index contributed by atoms with van der Waals surface area (Å²) in [7, 11) is 1.98. The molecule has 0 spiro atoms. The van der Waals surface area contributed by atoms with Crippen LogP contribution in [0.4, 0.5) is 5.69 Å². The monoisotopic (exact) mass is 286 g/mol. The van der Waals surface area contributed by atoms with E-state index in [-0.39, 0.29) is 11.9 Å². The third kappa shape index (κ3) is 2.62. The van der Waals surface area contributed by atoms with Crippen molar-refractivity contribution in [3.05, 3.63) is 51.7 Å². The van der Waals surface area contributed by atoms with Crippen LogP contribution in [0, 0.1) is 0 Å². The van der Waals surface area contributed by atoms with Crippen LogP contribution in [0.5, 0.6) is 0 Å². The van der Waals surface area contributed by atoms with E-state index in [1.165, 1.54) is 16.7 Å². The molecule has 2 heterocycles. The number of benzene rings is 1. The molecule has 0 fully saturated rings. The smallest absolute Gasteiger partial charge is 0.224 e. The molecule has 1 unspecified atom stereocenters. The fourth-order valence-electron chi connectivity index (χ4n) is 2.74. The number of anilines is 1. The average Bonchev–Trinajstić information content (AvgIpc) is 2.89. The number of aryl methyl sites for hydroxylation is 1. The van der Waals surface area contributed by atoms with E-state index in [1.54, 1.807) is 11.3 Å². The Morgan fingerprint density at radius 3 is 2.90 bits per heavy atom. The zero-order valence-corrected chi connectivity index (χ0v) is 12.3. The van der Waals surface area contributed by atoms with Crippen molar-refractivity contribution in [1.29, 1.82) is 0 Å². The minimum Gasteiger partial charge on any atom is -0.326 e. The van der Waals surface area contributed by atoms with E-state index in [9.17, 15) is 4.79 Å². The molecule has 0 bridgehead atoms. The van der Waals surface area contributed by atoms with Crippen molar-refractivity contribution in [2.75, 3.05) is 12.4 Å². The molecule has 2 aromatic rings. The van der Waals surface area contributed by atoms with Crippen LogP contribution in [0.3, 0.4) is 0 Å². The van der Waals surface area contributed by atoms with Crippen LogP contribution < -0.4 is 10.6 Å². The van der Waals surface area contributed by atoms with E-state index in [4.69, 9.17) is 0 Å². The lowest BCUT2D eigenvalue weighted by Gasteiger charge is -2.18. The van der Waals surface area contributed by atoms with E-state index < -0.39 is 0 Å². The topological polar surface area (TPSA) is 41.1 Å². The molecular weight excluding hydrogens is 268 g/mol. The van der Waals surface area contributed by atoms with Crippen LogP contribution in [0.2, 0.25) is 0 Å². The molecule has 1 atom stereocenters. The molecule has 1 aromatic heterocycles. The summed E-state index contributed by atoms with van der Waals surface area (Å²) in [6, 6.07) is 8.72. The average molecular weight is 286 g/mol. The molecule has 0 radical (unpaired) electrons. The van der Waals surface area contributed by atoms with Gasteiger partial charge in [0.15, 0.2) is 0 Å². The molecule has 0 saturated carbocycles. The third-order valence-corrected chi connectivity index (χ3v) is 4.45. The Bertz CT molecular complexity index is 607. The number of rotatable bonds is 3.